The van der Waals surface area contributed by atoms with Gasteiger partial charge in [0, 0.05) is 0 Å². The molecule has 1 heterocycles. The molecule has 7 nitrogen and oxygen atoms in total. The van der Waals surface area contributed by atoms with E-state index in [1.54, 1.807) is 0 Å². The highest BCUT2D eigenvalue weighted by Crippen LogP contribution is 2.23. The largest absolute Gasteiger partial charge is 0.490 e. The number of nitrogens with one attached hydrogen (secondary N) is 1. The Labute approximate surface area is 92.4 Å². The third kappa shape index (κ3) is 2.72. The predicted molar refractivity (Wildman–Crippen MR) is 55.9 cm³/mol. The standard InChI is InChI=1S/C9H13N3O4/c1-5(8(13)14)11-9-10-4-6(15-2)7(12-9)16-3/h4-5H,1-3H3,(H,13,14)(H,10,11,12). The molecule has 0 aliphatic carbocycles. The van der Waals surface area contributed by atoms with Crippen LogP contribution in [0.15, 0.2) is 6.20 Å². The maximum absolute atomic E-state index is 10.6. The number of rotatable bonds is 5. The van der Waals surface area contributed by atoms with Crippen molar-refractivity contribution < 1.29 is 19.4 Å². The number of methoxy groups -OCH3 is 2. The van der Waals surface area contributed by atoms with E-state index >= 15 is 0 Å². The second-order valence-corrected chi connectivity index (χ2v) is 2.98. The van der Waals surface area contributed by atoms with E-state index in [0.29, 0.717) is 5.75 Å². The van der Waals surface area contributed by atoms with E-state index in [1.165, 1.54) is 27.3 Å². The Kier molecular flexibility index (Phi) is 3.87. The minimum Gasteiger partial charge on any atom is -0.490 e. The van der Waals surface area contributed by atoms with Crippen LogP contribution in [0.4, 0.5) is 5.95 Å². The van der Waals surface area contributed by atoms with E-state index in [0.717, 1.165) is 0 Å². The van der Waals surface area contributed by atoms with Gasteiger partial charge in [0.25, 0.3) is 5.88 Å². The van der Waals surface area contributed by atoms with Crippen molar-refractivity contribution in [3.63, 3.8) is 0 Å². The fraction of sp³-hybridized carbons (Fsp3) is 0.444. The van der Waals surface area contributed by atoms with Gasteiger partial charge < -0.3 is 19.9 Å². The summed E-state index contributed by atoms with van der Waals surface area (Å²) in [6.45, 7) is 1.49. The van der Waals surface area contributed by atoms with Gasteiger partial charge in [0.05, 0.1) is 20.4 Å². The van der Waals surface area contributed by atoms with Gasteiger partial charge in [-0.2, -0.15) is 4.98 Å². The number of hydrogen-bond acceptors (Lipinski definition) is 6. The first-order chi connectivity index (χ1) is 7.58. The summed E-state index contributed by atoms with van der Waals surface area (Å²) in [5, 5.41) is 11.3. The minimum atomic E-state index is -0.988. The second kappa shape index (κ2) is 5.15. The molecule has 1 atom stereocenters. The monoisotopic (exact) mass is 227 g/mol. The number of aromatic nitrogens is 2. The number of carbonyl (C=O) groups is 1. The van der Waals surface area contributed by atoms with Crippen LogP contribution < -0.4 is 14.8 Å². The highest BCUT2D eigenvalue weighted by atomic mass is 16.5. The third-order valence-corrected chi connectivity index (χ3v) is 1.85. The maximum Gasteiger partial charge on any atom is 0.325 e. The van der Waals surface area contributed by atoms with E-state index in [1.807, 2.05) is 0 Å². The van der Waals surface area contributed by atoms with Gasteiger partial charge in [-0.15, -0.1) is 0 Å². The van der Waals surface area contributed by atoms with Crippen molar-refractivity contribution in [3.05, 3.63) is 6.20 Å². The first-order valence-electron chi connectivity index (χ1n) is 4.52. The van der Waals surface area contributed by atoms with Crippen LogP contribution in [0, 0.1) is 0 Å². The summed E-state index contributed by atoms with van der Waals surface area (Å²) >= 11 is 0. The van der Waals surface area contributed by atoms with Crippen molar-refractivity contribution in [2.75, 3.05) is 19.5 Å². The number of carboxylic acids is 1. The molecule has 2 N–H and O–H groups in total. The molecule has 0 aliphatic heterocycles. The van der Waals surface area contributed by atoms with Gasteiger partial charge in [0.15, 0.2) is 5.75 Å². The number of aliphatic carboxylic acids is 1. The van der Waals surface area contributed by atoms with Gasteiger partial charge in [-0.25, -0.2) is 4.98 Å². The average molecular weight is 227 g/mol. The van der Waals surface area contributed by atoms with Crippen molar-refractivity contribution in [1.29, 1.82) is 0 Å². The Morgan fingerprint density at radius 2 is 2.19 bits per heavy atom. The fourth-order valence-electron chi connectivity index (χ4n) is 0.966. The molecule has 1 unspecified atom stereocenters. The average Bonchev–Trinajstić information content (AvgIpc) is 2.28. The van der Waals surface area contributed by atoms with Gasteiger partial charge in [-0.3, -0.25) is 4.79 Å². The highest BCUT2D eigenvalue weighted by Gasteiger charge is 2.13. The zero-order valence-electron chi connectivity index (χ0n) is 9.22. The summed E-state index contributed by atoms with van der Waals surface area (Å²) in [5.74, 6) is -0.181. The van der Waals surface area contributed by atoms with Crippen molar-refractivity contribution in [3.8, 4) is 11.6 Å². The minimum absolute atomic E-state index is 0.174. The lowest BCUT2D eigenvalue weighted by Crippen LogP contribution is -2.26. The molecule has 0 fully saturated rings. The van der Waals surface area contributed by atoms with Crippen molar-refractivity contribution in [2.45, 2.75) is 13.0 Å². The molecule has 0 aromatic carbocycles. The summed E-state index contributed by atoms with van der Waals surface area (Å²) in [4.78, 5) is 18.4. The van der Waals surface area contributed by atoms with Crippen molar-refractivity contribution in [2.24, 2.45) is 0 Å². The lowest BCUT2D eigenvalue weighted by molar-refractivity contribution is -0.137. The van der Waals surface area contributed by atoms with Crippen LogP contribution in [-0.4, -0.2) is 41.3 Å². The predicted octanol–water partition coefficient (Wildman–Crippen LogP) is 0.379. The zero-order valence-corrected chi connectivity index (χ0v) is 9.22. The summed E-state index contributed by atoms with van der Waals surface area (Å²) in [6, 6.07) is -0.780. The van der Waals surface area contributed by atoms with E-state index < -0.39 is 12.0 Å². The summed E-state index contributed by atoms with van der Waals surface area (Å²) < 4.78 is 9.90. The number of carboxylic acid groups (broad SMARTS) is 1. The summed E-state index contributed by atoms with van der Waals surface area (Å²) in [7, 11) is 2.91. The zero-order chi connectivity index (χ0) is 12.1. The molecule has 0 amide bonds. The van der Waals surface area contributed by atoms with Crippen LogP contribution in [-0.2, 0) is 4.79 Å². The van der Waals surface area contributed by atoms with Crippen LogP contribution in [0.25, 0.3) is 0 Å². The second-order valence-electron chi connectivity index (χ2n) is 2.98. The first kappa shape index (κ1) is 12.0. The number of anilines is 1. The van der Waals surface area contributed by atoms with Crippen LogP contribution >= 0.6 is 0 Å². The van der Waals surface area contributed by atoms with Gasteiger partial charge in [0.2, 0.25) is 5.95 Å². The maximum atomic E-state index is 10.6. The summed E-state index contributed by atoms with van der Waals surface area (Å²) in [5.41, 5.74) is 0. The lowest BCUT2D eigenvalue weighted by atomic mass is 10.3. The van der Waals surface area contributed by atoms with E-state index in [9.17, 15) is 4.79 Å². The van der Waals surface area contributed by atoms with Gasteiger partial charge in [-0.05, 0) is 6.92 Å². The molecule has 7 heteroatoms. The molecule has 88 valence electrons. The molecule has 1 aromatic rings. The molecule has 16 heavy (non-hydrogen) atoms. The molecular weight excluding hydrogens is 214 g/mol. The molecule has 1 rings (SSSR count). The van der Waals surface area contributed by atoms with Crippen molar-refractivity contribution >= 4 is 11.9 Å². The van der Waals surface area contributed by atoms with Gasteiger partial charge in [0.1, 0.15) is 6.04 Å². The number of hydrogen-bond donors (Lipinski definition) is 2. The highest BCUT2D eigenvalue weighted by molar-refractivity contribution is 5.75. The first-order valence-corrected chi connectivity index (χ1v) is 4.52. The molecule has 0 radical (unpaired) electrons. The smallest absolute Gasteiger partial charge is 0.325 e. The fourth-order valence-corrected chi connectivity index (χ4v) is 0.966. The van der Waals surface area contributed by atoms with E-state index in [4.69, 9.17) is 14.6 Å². The normalized spacial score (nSPS) is 11.7. The molecule has 0 spiro atoms. The molecule has 0 saturated carbocycles. The Morgan fingerprint density at radius 3 is 2.69 bits per heavy atom. The molecule has 0 aliphatic rings. The third-order valence-electron chi connectivity index (χ3n) is 1.85. The van der Waals surface area contributed by atoms with Crippen LogP contribution in [0.3, 0.4) is 0 Å². The quantitative estimate of drug-likeness (QED) is 0.750. The SMILES string of the molecule is COc1cnc(NC(C)C(=O)O)nc1OC. The van der Waals surface area contributed by atoms with Crippen LogP contribution in [0.1, 0.15) is 6.92 Å². The molecule has 0 saturated heterocycles. The summed E-state index contributed by atoms with van der Waals surface area (Å²) in [6.07, 6.45) is 1.41. The van der Waals surface area contributed by atoms with Gasteiger partial charge in [-0.1, -0.05) is 0 Å². The number of ether oxygens (including phenoxy) is 2. The molecular formula is C9H13N3O4. The van der Waals surface area contributed by atoms with Gasteiger partial charge >= 0.3 is 5.97 Å². The lowest BCUT2D eigenvalue weighted by Gasteiger charge is -2.11. The molecule has 0 bridgehead atoms. The molecule has 1 aromatic heterocycles. The van der Waals surface area contributed by atoms with Crippen LogP contribution in [0.2, 0.25) is 0 Å². The topological polar surface area (TPSA) is 93.6 Å². The van der Waals surface area contributed by atoms with E-state index in [2.05, 4.69) is 15.3 Å². The van der Waals surface area contributed by atoms with Crippen LogP contribution in [0.5, 0.6) is 11.6 Å². The Morgan fingerprint density at radius 1 is 1.50 bits per heavy atom. The Hall–Kier alpha value is -2.05. The Balaban J connectivity index is 2.86. The van der Waals surface area contributed by atoms with Crippen molar-refractivity contribution in [1.82, 2.24) is 9.97 Å². The van der Waals surface area contributed by atoms with E-state index in [-0.39, 0.29) is 11.8 Å². The number of nitrogens with zero attached hydrogens (tertiary/aromatic N) is 2. The Bertz CT molecular complexity index is 383.